The number of allylic oxidation sites excluding steroid dienone is 1. The quantitative estimate of drug-likeness (QED) is 0.294. The molecule has 4 fully saturated rings. The number of ketones is 2. The number of nitrogens with two attached hydrogens (primary N) is 1. The van der Waals surface area contributed by atoms with Gasteiger partial charge in [-0.25, -0.2) is 4.79 Å². The van der Waals surface area contributed by atoms with Crippen LogP contribution in [0.1, 0.15) is 64.7 Å². The van der Waals surface area contributed by atoms with Crippen molar-refractivity contribution >= 4 is 17.5 Å². The van der Waals surface area contributed by atoms with Crippen LogP contribution in [0.5, 0.6) is 0 Å². The van der Waals surface area contributed by atoms with Crippen LogP contribution in [0.25, 0.3) is 0 Å². The lowest BCUT2D eigenvalue weighted by molar-refractivity contribution is -0.156. The Kier molecular flexibility index (Phi) is 5.90. The van der Waals surface area contributed by atoms with Gasteiger partial charge in [-0.2, -0.15) is 0 Å². The molecule has 6 unspecified atom stereocenters. The lowest BCUT2D eigenvalue weighted by atomic mass is 9.61. The summed E-state index contributed by atoms with van der Waals surface area (Å²) < 4.78 is 10.8. The molecule has 7 heteroatoms. The van der Waals surface area contributed by atoms with Crippen molar-refractivity contribution in [3.63, 3.8) is 0 Å². The second kappa shape index (κ2) is 8.17. The fourth-order valence-electron chi connectivity index (χ4n) is 5.91. The number of hydrogen-bond acceptors (Lipinski definition) is 7. The Bertz CT molecular complexity index is 765. The van der Waals surface area contributed by atoms with Crippen molar-refractivity contribution in [1.82, 2.24) is 5.32 Å². The fourth-order valence-corrected chi connectivity index (χ4v) is 5.91. The molecule has 7 nitrogen and oxygen atoms in total. The number of Topliss-reactive ketones (excluding diaryl/α,β-unsaturated/α-hetero) is 2. The zero-order valence-corrected chi connectivity index (χ0v) is 18.1. The Hall–Kier alpha value is -1.57. The summed E-state index contributed by atoms with van der Waals surface area (Å²) in [6, 6.07) is 0. The van der Waals surface area contributed by atoms with E-state index in [0.29, 0.717) is 18.8 Å². The van der Waals surface area contributed by atoms with Crippen LogP contribution in [-0.2, 0) is 23.9 Å². The van der Waals surface area contributed by atoms with E-state index in [4.69, 9.17) is 15.2 Å². The lowest BCUT2D eigenvalue weighted by Crippen LogP contribution is -2.58. The number of epoxide rings is 1. The Labute approximate surface area is 178 Å². The largest absolute Gasteiger partial charge is 0.466 e. The summed E-state index contributed by atoms with van der Waals surface area (Å²) in [5.41, 5.74) is 4.05. The zero-order valence-electron chi connectivity index (χ0n) is 18.1. The number of carbonyl (C=O) groups excluding carboxylic acids is 3. The van der Waals surface area contributed by atoms with Gasteiger partial charge in [-0.3, -0.25) is 9.59 Å². The van der Waals surface area contributed by atoms with E-state index in [0.717, 1.165) is 50.6 Å². The molecule has 0 aromatic rings. The molecule has 6 atom stereocenters. The summed E-state index contributed by atoms with van der Waals surface area (Å²) in [4.78, 5) is 39.3. The van der Waals surface area contributed by atoms with E-state index in [1.807, 2.05) is 13.0 Å². The van der Waals surface area contributed by atoms with Crippen molar-refractivity contribution in [2.45, 2.75) is 82.1 Å². The maximum absolute atomic E-state index is 13.4. The van der Waals surface area contributed by atoms with Gasteiger partial charge in [0.25, 0.3) is 5.60 Å². The van der Waals surface area contributed by atoms with Crippen LogP contribution in [0.4, 0.5) is 0 Å². The van der Waals surface area contributed by atoms with Crippen molar-refractivity contribution in [2.24, 2.45) is 23.5 Å². The second-order valence-corrected chi connectivity index (χ2v) is 9.57. The molecular formula is C23H34N2O5. The summed E-state index contributed by atoms with van der Waals surface area (Å²) >= 11 is 0. The third-order valence-corrected chi connectivity index (χ3v) is 7.74. The third-order valence-electron chi connectivity index (χ3n) is 7.74. The molecular weight excluding hydrogens is 384 g/mol. The average Bonchev–Trinajstić information content (AvgIpc) is 3.46. The highest BCUT2D eigenvalue weighted by molar-refractivity contribution is 6.23. The SMILES string of the molecule is COC(=O)C12OC1(CC=C(C)CCC1CCNC(N)C1)C(=O)C1CCCCC1C2=O. The highest BCUT2D eigenvalue weighted by Crippen LogP contribution is 2.61. The van der Waals surface area contributed by atoms with Gasteiger partial charge in [-0.15, -0.1) is 0 Å². The van der Waals surface area contributed by atoms with E-state index in [2.05, 4.69) is 5.32 Å². The Morgan fingerprint density at radius 3 is 2.60 bits per heavy atom. The highest BCUT2D eigenvalue weighted by Gasteiger charge is 2.86. The molecule has 3 N–H and O–H groups in total. The van der Waals surface area contributed by atoms with Crippen molar-refractivity contribution in [1.29, 1.82) is 0 Å². The van der Waals surface area contributed by atoms with Crippen LogP contribution in [-0.4, -0.2) is 48.6 Å². The van der Waals surface area contributed by atoms with Crippen molar-refractivity contribution in [2.75, 3.05) is 13.7 Å². The van der Waals surface area contributed by atoms with E-state index in [1.165, 1.54) is 7.11 Å². The van der Waals surface area contributed by atoms with Gasteiger partial charge in [0.05, 0.1) is 13.3 Å². The molecule has 0 aromatic carbocycles. The molecule has 2 saturated carbocycles. The van der Waals surface area contributed by atoms with Gasteiger partial charge in [0, 0.05) is 18.3 Å². The van der Waals surface area contributed by atoms with E-state index in [9.17, 15) is 14.4 Å². The third kappa shape index (κ3) is 3.35. The van der Waals surface area contributed by atoms with Gasteiger partial charge in [0.1, 0.15) is 0 Å². The monoisotopic (exact) mass is 418 g/mol. The zero-order chi connectivity index (χ0) is 21.5. The minimum Gasteiger partial charge on any atom is -0.466 e. The predicted octanol–water partition coefficient (Wildman–Crippen LogP) is 2.03. The molecule has 0 amide bonds. The number of ether oxygens (including phenoxy) is 2. The van der Waals surface area contributed by atoms with Crippen LogP contribution in [0.3, 0.4) is 0 Å². The molecule has 2 aliphatic heterocycles. The normalized spacial score (nSPS) is 41.1. The maximum Gasteiger partial charge on any atom is 0.349 e. The van der Waals surface area contributed by atoms with Crippen LogP contribution in [0, 0.1) is 17.8 Å². The number of esters is 1. The Morgan fingerprint density at radius 1 is 1.23 bits per heavy atom. The molecule has 0 radical (unpaired) electrons. The molecule has 4 rings (SSSR count). The highest BCUT2D eigenvalue weighted by atomic mass is 16.7. The average molecular weight is 419 g/mol. The van der Waals surface area contributed by atoms with E-state index >= 15 is 0 Å². The number of nitrogens with one attached hydrogen (secondary N) is 1. The first-order valence-corrected chi connectivity index (χ1v) is 11.4. The van der Waals surface area contributed by atoms with Gasteiger partial charge < -0.3 is 20.5 Å². The number of rotatable bonds is 6. The number of carbonyl (C=O) groups is 3. The fraction of sp³-hybridized carbons (Fsp3) is 0.783. The molecule has 0 aromatic heterocycles. The van der Waals surface area contributed by atoms with Crippen LogP contribution in [0.2, 0.25) is 0 Å². The molecule has 0 bridgehead atoms. The number of methoxy groups -OCH3 is 1. The standard InChI is InChI=1S/C23H34N2O5/c1-14(7-8-15-10-12-25-18(24)13-15)9-11-22-19(26)16-5-3-4-6-17(16)20(27)23(22,30-22)21(28)29-2/h9,15-18,25H,3-8,10-13,24H2,1-2H3. The van der Waals surface area contributed by atoms with E-state index in [1.54, 1.807) is 0 Å². The van der Waals surface area contributed by atoms with Crippen molar-refractivity contribution < 1.29 is 23.9 Å². The Morgan fingerprint density at radius 2 is 1.93 bits per heavy atom. The number of hydrogen-bond donors (Lipinski definition) is 2. The second-order valence-electron chi connectivity index (χ2n) is 9.57. The summed E-state index contributed by atoms with van der Waals surface area (Å²) in [6.07, 6.45) is 9.57. The number of fused-ring (bicyclic) bond motifs is 2. The van der Waals surface area contributed by atoms with Gasteiger partial charge >= 0.3 is 5.97 Å². The van der Waals surface area contributed by atoms with Crippen LogP contribution >= 0.6 is 0 Å². The maximum atomic E-state index is 13.4. The van der Waals surface area contributed by atoms with Crippen LogP contribution < -0.4 is 11.1 Å². The van der Waals surface area contributed by atoms with Crippen molar-refractivity contribution in [3.8, 4) is 0 Å². The molecule has 2 aliphatic carbocycles. The molecule has 166 valence electrons. The van der Waals surface area contributed by atoms with Gasteiger partial charge in [0.2, 0.25) is 0 Å². The van der Waals surface area contributed by atoms with E-state index in [-0.39, 0.29) is 30.1 Å². The summed E-state index contributed by atoms with van der Waals surface area (Å²) in [5.74, 6) is -1.18. The van der Waals surface area contributed by atoms with Crippen LogP contribution in [0.15, 0.2) is 11.6 Å². The molecule has 0 spiro atoms. The smallest absolute Gasteiger partial charge is 0.349 e. The minimum atomic E-state index is -1.73. The van der Waals surface area contributed by atoms with E-state index < -0.39 is 23.1 Å². The molecule has 2 heterocycles. The molecule has 4 aliphatic rings. The van der Waals surface area contributed by atoms with Gasteiger partial charge in [0.15, 0.2) is 17.2 Å². The number of piperidine rings is 1. The van der Waals surface area contributed by atoms with Crippen molar-refractivity contribution in [3.05, 3.63) is 11.6 Å². The van der Waals surface area contributed by atoms with Gasteiger partial charge in [-0.05, 0) is 57.9 Å². The topological polar surface area (TPSA) is 111 Å². The summed E-state index contributed by atoms with van der Waals surface area (Å²) in [6.45, 7) is 2.99. The predicted molar refractivity (Wildman–Crippen MR) is 110 cm³/mol. The first kappa shape index (κ1) is 21.7. The first-order valence-electron chi connectivity index (χ1n) is 11.4. The Balaban J connectivity index is 1.48. The minimum absolute atomic E-state index is 0.0711. The van der Waals surface area contributed by atoms with Gasteiger partial charge in [-0.1, -0.05) is 24.5 Å². The lowest BCUT2D eigenvalue weighted by Gasteiger charge is -2.36. The molecule has 2 saturated heterocycles. The first-order chi connectivity index (χ1) is 14.4. The summed E-state index contributed by atoms with van der Waals surface area (Å²) in [5, 5.41) is 3.26. The molecule has 30 heavy (non-hydrogen) atoms. The summed E-state index contributed by atoms with van der Waals surface area (Å²) in [7, 11) is 1.25.